The van der Waals surface area contributed by atoms with E-state index in [-0.39, 0.29) is 5.82 Å². The molecule has 1 aliphatic rings. The van der Waals surface area contributed by atoms with E-state index < -0.39 is 5.97 Å². The predicted molar refractivity (Wildman–Crippen MR) is 81.4 cm³/mol. The van der Waals surface area contributed by atoms with Crippen molar-refractivity contribution in [3.8, 4) is 0 Å². The van der Waals surface area contributed by atoms with E-state index in [0.29, 0.717) is 17.7 Å². The Hall–Kier alpha value is -1.68. The number of rotatable bonds is 6. The maximum Gasteiger partial charge on any atom is 0.328 e. The summed E-state index contributed by atoms with van der Waals surface area (Å²) >= 11 is 0. The molecule has 114 valence electrons. The van der Waals surface area contributed by atoms with Gasteiger partial charge in [-0.1, -0.05) is 25.0 Å². The molecule has 1 saturated carbocycles. The number of halogens is 1. The lowest BCUT2D eigenvalue weighted by Crippen LogP contribution is -2.24. The van der Waals surface area contributed by atoms with Crippen LogP contribution >= 0.6 is 0 Å². The number of hydrogen-bond donors (Lipinski definition) is 1. The second-order valence-corrected chi connectivity index (χ2v) is 5.87. The van der Waals surface area contributed by atoms with Gasteiger partial charge >= 0.3 is 5.97 Å². The zero-order valence-corrected chi connectivity index (χ0v) is 12.4. The number of hydrogen-bond acceptors (Lipinski definition) is 2. The summed E-state index contributed by atoms with van der Waals surface area (Å²) in [7, 11) is 2.02. The van der Waals surface area contributed by atoms with Gasteiger partial charge in [0.05, 0.1) is 0 Å². The molecule has 0 aliphatic heterocycles. The lowest BCUT2D eigenvalue weighted by molar-refractivity contribution is -0.131. The maximum absolute atomic E-state index is 14.0. The van der Waals surface area contributed by atoms with E-state index in [0.717, 1.165) is 18.5 Å². The zero-order valence-electron chi connectivity index (χ0n) is 12.4. The molecule has 0 bridgehead atoms. The third-order valence-electron chi connectivity index (χ3n) is 3.98. The fourth-order valence-electron chi connectivity index (χ4n) is 2.95. The van der Waals surface area contributed by atoms with E-state index in [1.54, 1.807) is 12.1 Å². The number of carboxylic acids is 1. The third-order valence-corrected chi connectivity index (χ3v) is 3.98. The fourth-order valence-corrected chi connectivity index (χ4v) is 2.95. The number of carbonyl (C=O) groups is 1. The van der Waals surface area contributed by atoms with Crippen LogP contribution in [0.5, 0.6) is 0 Å². The molecule has 1 aromatic carbocycles. The normalized spacial score (nSPS) is 16.1. The highest BCUT2D eigenvalue weighted by molar-refractivity contribution is 5.85. The number of benzene rings is 1. The standard InChI is InChI=1S/C17H22FNO2/c1-19(11-14-4-2-3-5-14)12-15-8-6-13(10-16(15)18)7-9-17(20)21/h6-10,14H,2-5,11-12H2,1H3,(H,20,21). The topological polar surface area (TPSA) is 40.5 Å². The van der Waals surface area contributed by atoms with Crippen molar-refractivity contribution in [2.24, 2.45) is 5.92 Å². The Morgan fingerprint density at radius 3 is 2.76 bits per heavy atom. The molecule has 21 heavy (non-hydrogen) atoms. The highest BCUT2D eigenvalue weighted by atomic mass is 19.1. The summed E-state index contributed by atoms with van der Waals surface area (Å²) in [6, 6.07) is 4.88. The summed E-state index contributed by atoms with van der Waals surface area (Å²) in [5, 5.41) is 8.57. The molecule has 0 amide bonds. The molecular weight excluding hydrogens is 269 g/mol. The van der Waals surface area contributed by atoms with Crippen molar-refractivity contribution in [2.45, 2.75) is 32.2 Å². The minimum Gasteiger partial charge on any atom is -0.478 e. The number of aliphatic carboxylic acids is 1. The van der Waals surface area contributed by atoms with Gasteiger partial charge in [-0.05, 0) is 43.5 Å². The molecule has 1 aromatic rings. The van der Waals surface area contributed by atoms with E-state index in [4.69, 9.17) is 5.11 Å². The molecule has 1 N–H and O–H groups in total. The van der Waals surface area contributed by atoms with E-state index in [2.05, 4.69) is 4.90 Å². The Bertz CT molecular complexity index is 522. The molecule has 1 aliphatic carbocycles. The van der Waals surface area contributed by atoms with Crippen LogP contribution in [0.1, 0.15) is 36.8 Å². The van der Waals surface area contributed by atoms with E-state index in [1.165, 1.54) is 37.8 Å². The quantitative estimate of drug-likeness (QED) is 0.815. The van der Waals surface area contributed by atoms with Gasteiger partial charge in [0, 0.05) is 24.7 Å². The van der Waals surface area contributed by atoms with Crippen LogP contribution in [-0.4, -0.2) is 29.6 Å². The van der Waals surface area contributed by atoms with Gasteiger partial charge in [-0.2, -0.15) is 0 Å². The van der Waals surface area contributed by atoms with Gasteiger partial charge in [0.1, 0.15) is 5.82 Å². The Morgan fingerprint density at radius 2 is 2.14 bits per heavy atom. The molecule has 0 spiro atoms. The summed E-state index contributed by atoms with van der Waals surface area (Å²) in [5.41, 5.74) is 1.22. The van der Waals surface area contributed by atoms with Crippen LogP contribution in [0, 0.1) is 11.7 Å². The van der Waals surface area contributed by atoms with E-state index in [1.807, 2.05) is 7.05 Å². The Labute approximate surface area is 125 Å². The molecule has 0 unspecified atom stereocenters. The molecule has 0 atom stereocenters. The van der Waals surface area contributed by atoms with Crippen molar-refractivity contribution in [1.29, 1.82) is 0 Å². The van der Waals surface area contributed by atoms with E-state index in [9.17, 15) is 9.18 Å². The highest BCUT2D eigenvalue weighted by Crippen LogP contribution is 2.25. The van der Waals surface area contributed by atoms with Crippen LogP contribution in [0.2, 0.25) is 0 Å². The van der Waals surface area contributed by atoms with Gasteiger partial charge in [-0.3, -0.25) is 0 Å². The summed E-state index contributed by atoms with van der Waals surface area (Å²) in [6.45, 7) is 1.60. The number of carboxylic acid groups (broad SMARTS) is 1. The predicted octanol–water partition coefficient (Wildman–Crippen LogP) is 3.55. The first-order valence-electron chi connectivity index (χ1n) is 7.42. The molecule has 3 nitrogen and oxygen atoms in total. The van der Waals surface area contributed by atoms with E-state index >= 15 is 0 Å². The molecule has 1 fully saturated rings. The molecule has 0 aromatic heterocycles. The molecule has 0 radical (unpaired) electrons. The number of nitrogens with zero attached hydrogens (tertiary/aromatic N) is 1. The summed E-state index contributed by atoms with van der Waals surface area (Å²) in [5.74, 6) is -0.563. The zero-order chi connectivity index (χ0) is 15.2. The average Bonchev–Trinajstić information content (AvgIpc) is 2.92. The van der Waals surface area contributed by atoms with Gasteiger partial charge in [-0.15, -0.1) is 0 Å². The molecular formula is C17H22FNO2. The van der Waals surface area contributed by atoms with Crippen molar-refractivity contribution in [2.75, 3.05) is 13.6 Å². The van der Waals surface area contributed by atoms with Crippen molar-refractivity contribution < 1.29 is 14.3 Å². The van der Waals surface area contributed by atoms with Crippen LogP contribution in [0.15, 0.2) is 24.3 Å². The lowest BCUT2D eigenvalue weighted by Gasteiger charge is -2.21. The summed E-state index contributed by atoms with van der Waals surface area (Å²) < 4.78 is 14.0. The SMILES string of the molecule is CN(Cc1ccc(C=CC(=O)O)cc1F)CC1CCCC1. The first-order chi connectivity index (χ1) is 10.0. The van der Waals surface area contributed by atoms with Gasteiger partial charge in [0.25, 0.3) is 0 Å². The lowest BCUT2D eigenvalue weighted by atomic mass is 10.1. The fraction of sp³-hybridized carbons (Fsp3) is 0.471. The largest absolute Gasteiger partial charge is 0.478 e. The van der Waals surface area contributed by atoms with Gasteiger partial charge in [0.15, 0.2) is 0 Å². The summed E-state index contributed by atoms with van der Waals surface area (Å²) in [6.07, 6.45) is 7.62. The Kier molecular flexibility index (Phi) is 5.51. The minimum atomic E-state index is -1.03. The molecule has 4 heteroatoms. The van der Waals surface area contributed by atoms with Crippen LogP contribution in [0.25, 0.3) is 6.08 Å². The average molecular weight is 291 g/mol. The van der Waals surface area contributed by atoms with Gasteiger partial charge in [-0.25, -0.2) is 9.18 Å². The van der Waals surface area contributed by atoms with Crippen molar-refractivity contribution in [1.82, 2.24) is 4.90 Å². The molecule has 0 heterocycles. The van der Waals surface area contributed by atoms with Crippen LogP contribution in [0.4, 0.5) is 4.39 Å². The smallest absolute Gasteiger partial charge is 0.328 e. The van der Waals surface area contributed by atoms with Crippen molar-refractivity contribution >= 4 is 12.0 Å². The van der Waals surface area contributed by atoms with Crippen LogP contribution < -0.4 is 0 Å². The minimum absolute atomic E-state index is 0.277. The second kappa shape index (κ2) is 7.36. The Balaban J connectivity index is 1.95. The highest BCUT2D eigenvalue weighted by Gasteiger charge is 2.17. The Morgan fingerprint density at radius 1 is 1.43 bits per heavy atom. The maximum atomic E-state index is 14.0. The van der Waals surface area contributed by atoms with Crippen LogP contribution in [-0.2, 0) is 11.3 Å². The van der Waals surface area contributed by atoms with Gasteiger partial charge in [0.2, 0.25) is 0 Å². The third kappa shape index (κ3) is 4.97. The first-order valence-corrected chi connectivity index (χ1v) is 7.42. The van der Waals surface area contributed by atoms with Crippen LogP contribution in [0.3, 0.4) is 0 Å². The first kappa shape index (κ1) is 15.7. The molecule has 0 saturated heterocycles. The monoisotopic (exact) mass is 291 g/mol. The van der Waals surface area contributed by atoms with Gasteiger partial charge < -0.3 is 10.0 Å². The van der Waals surface area contributed by atoms with Crippen molar-refractivity contribution in [3.63, 3.8) is 0 Å². The van der Waals surface area contributed by atoms with Crippen molar-refractivity contribution in [3.05, 3.63) is 41.2 Å². The molecule has 2 rings (SSSR count). The second-order valence-electron chi connectivity index (χ2n) is 5.87. The summed E-state index contributed by atoms with van der Waals surface area (Å²) in [4.78, 5) is 12.6.